The van der Waals surface area contributed by atoms with Crippen molar-refractivity contribution in [1.29, 1.82) is 5.26 Å². The van der Waals surface area contributed by atoms with Crippen LogP contribution in [0.1, 0.15) is 44.4 Å². The van der Waals surface area contributed by atoms with E-state index in [-0.39, 0.29) is 6.42 Å². The summed E-state index contributed by atoms with van der Waals surface area (Å²) in [6, 6.07) is 7.50. The average molecular weight is 283 g/mol. The molecule has 0 radical (unpaired) electrons. The van der Waals surface area contributed by atoms with Crippen LogP contribution in [-0.2, 0) is 11.8 Å². The second-order valence-electron chi connectivity index (χ2n) is 6.44. The van der Waals surface area contributed by atoms with E-state index < -0.39 is 17.0 Å². The molecule has 0 saturated carbocycles. The van der Waals surface area contributed by atoms with Gasteiger partial charge in [-0.25, -0.2) is 0 Å². The van der Waals surface area contributed by atoms with Gasteiger partial charge in [0, 0.05) is 0 Å². The van der Waals surface area contributed by atoms with Gasteiger partial charge in [0.15, 0.2) is 0 Å². The summed E-state index contributed by atoms with van der Waals surface area (Å²) < 4.78 is 39.0. The van der Waals surface area contributed by atoms with Crippen LogP contribution in [0.25, 0.3) is 0 Å². The first-order valence-corrected chi connectivity index (χ1v) is 6.49. The molecule has 20 heavy (non-hydrogen) atoms. The Morgan fingerprint density at radius 1 is 1.10 bits per heavy atom. The average Bonchev–Trinajstić information content (AvgIpc) is 2.30. The molecule has 4 heteroatoms. The Balaban J connectivity index is 3.21. The lowest BCUT2D eigenvalue weighted by Crippen LogP contribution is -2.34. The third-order valence-corrected chi connectivity index (χ3v) is 3.75. The van der Waals surface area contributed by atoms with E-state index in [2.05, 4.69) is 6.07 Å². The highest BCUT2D eigenvalue weighted by Gasteiger charge is 2.47. The molecule has 0 aliphatic rings. The SMILES string of the molecule is Cc1ccc(C(C)(C)C#N)cc1CC(C)(C)C(F)(F)F. The van der Waals surface area contributed by atoms with Gasteiger partial charge in [-0.2, -0.15) is 18.4 Å². The highest BCUT2D eigenvalue weighted by atomic mass is 19.4. The first-order valence-electron chi connectivity index (χ1n) is 6.49. The molecule has 1 nitrogen and oxygen atoms in total. The second-order valence-corrected chi connectivity index (χ2v) is 6.44. The fraction of sp³-hybridized carbons (Fsp3) is 0.562. The van der Waals surface area contributed by atoms with Crippen LogP contribution >= 0.6 is 0 Å². The zero-order valence-electron chi connectivity index (χ0n) is 12.5. The Hall–Kier alpha value is -1.50. The lowest BCUT2D eigenvalue weighted by molar-refractivity contribution is -0.211. The molecule has 0 aliphatic heterocycles. The van der Waals surface area contributed by atoms with Crippen LogP contribution in [-0.4, -0.2) is 6.18 Å². The summed E-state index contributed by atoms with van der Waals surface area (Å²) in [6.07, 6.45) is -4.34. The third kappa shape index (κ3) is 3.33. The molecule has 0 amide bonds. The minimum absolute atomic E-state index is 0.0856. The fourth-order valence-corrected chi connectivity index (χ4v) is 1.89. The summed E-state index contributed by atoms with van der Waals surface area (Å²) in [4.78, 5) is 0. The molecular weight excluding hydrogens is 263 g/mol. The largest absolute Gasteiger partial charge is 0.394 e. The molecule has 0 saturated heterocycles. The maximum absolute atomic E-state index is 13.0. The molecule has 1 rings (SSSR count). The molecule has 0 N–H and O–H groups in total. The van der Waals surface area contributed by atoms with E-state index in [0.717, 1.165) is 11.1 Å². The summed E-state index contributed by atoms with van der Waals surface area (Å²) in [5, 5.41) is 9.14. The van der Waals surface area contributed by atoms with E-state index in [4.69, 9.17) is 5.26 Å². The van der Waals surface area contributed by atoms with E-state index in [0.29, 0.717) is 5.56 Å². The Bertz CT molecular complexity index is 534. The maximum atomic E-state index is 13.0. The number of aryl methyl sites for hydroxylation is 1. The van der Waals surface area contributed by atoms with Gasteiger partial charge >= 0.3 is 6.18 Å². The van der Waals surface area contributed by atoms with Crippen molar-refractivity contribution in [3.63, 3.8) is 0 Å². The normalized spacial score (nSPS) is 13.2. The summed E-state index contributed by atoms with van der Waals surface area (Å²) >= 11 is 0. The van der Waals surface area contributed by atoms with Crippen molar-refractivity contribution in [2.24, 2.45) is 5.41 Å². The highest BCUT2D eigenvalue weighted by molar-refractivity contribution is 5.38. The first-order chi connectivity index (χ1) is 8.90. The van der Waals surface area contributed by atoms with Crippen molar-refractivity contribution in [1.82, 2.24) is 0 Å². The number of rotatable bonds is 3. The van der Waals surface area contributed by atoms with Gasteiger partial charge in [0.25, 0.3) is 0 Å². The molecule has 0 heterocycles. The van der Waals surface area contributed by atoms with Crippen LogP contribution in [0.5, 0.6) is 0 Å². The van der Waals surface area contributed by atoms with Crippen molar-refractivity contribution < 1.29 is 13.2 Å². The lowest BCUT2D eigenvalue weighted by atomic mass is 9.80. The molecule has 0 spiro atoms. The lowest BCUT2D eigenvalue weighted by Gasteiger charge is -2.29. The predicted molar refractivity (Wildman–Crippen MR) is 73.4 cm³/mol. The molecule has 1 aromatic carbocycles. The van der Waals surface area contributed by atoms with E-state index in [1.807, 2.05) is 6.07 Å². The fourth-order valence-electron chi connectivity index (χ4n) is 1.89. The number of alkyl halides is 3. The van der Waals surface area contributed by atoms with Crippen molar-refractivity contribution in [3.8, 4) is 6.07 Å². The first kappa shape index (κ1) is 16.6. The minimum Gasteiger partial charge on any atom is -0.197 e. The number of benzene rings is 1. The zero-order chi connectivity index (χ0) is 15.8. The van der Waals surface area contributed by atoms with Crippen molar-refractivity contribution in [3.05, 3.63) is 34.9 Å². The molecule has 0 atom stereocenters. The van der Waals surface area contributed by atoms with Crippen molar-refractivity contribution >= 4 is 0 Å². The van der Waals surface area contributed by atoms with Gasteiger partial charge in [0.2, 0.25) is 0 Å². The molecule has 1 aromatic rings. The van der Waals surface area contributed by atoms with Crippen LogP contribution in [0, 0.1) is 23.7 Å². The molecule has 0 fully saturated rings. The van der Waals surface area contributed by atoms with E-state index in [9.17, 15) is 13.2 Å². The van der Waals surface area contributed by atoms with E-state index >= 15 is 0 Å². The molecule has 0 bridgehead atoms. The van der Waals surface area contributed by atoms with Gasteiger partial charge in [-0.3, -0.25) is 0 Å². The Morgan fingerprint density at radius 2 is 1.65 bits per heavy atom. The third-order valence-electron chi connectivity index (χ3n) is 3.75. The van der Waals surface area contributed by atoms with E-state index in [1.54, 1.807) is 32.9 Å². The van der Waals surface area contributed by atoms with Crippen LogP contribution < -0.4 is 0 Å². The smallest absolute Gasteiger partial charge is 0.197 e. The second kappa shape index (κ2) is 5.12. The summed E-state index contributed by atoms with van der Waals surface area (Å²) in [5.74, 6) is 0. The van der Waals surface area contributed by atoms with Crippen molar-refractivity contribution in [2.75, 3.05) is 0 Å². The Morgan fingerprint density at radius 3 is 2.10 bits per heavy atom. The summed E-state index contributed by atoms with van der Waals surface area (Å²) in [7, 11) is 0. The Labute approximate surface area is 118 Å². The van der Waals surface area contributed by atoms with Crippen LogP contribution in [0.4, 0.5) is 13.2 Å². The minimum atomic E-state index is -4.25. The van der Waals surface area contributed by atoms with E-state index in [1.165, 1.54) is 13.8 Å². The monoisotopic (exact) mass is 283 g/mol. The predicted octanol–water partition coefficient (Wildman–Crippen LogP) is 4.93. The number of nitriles is 1. The van der Waals surface area contributed by atoms with Gasteiger partial charge in [0.1, 0.15) is 0 Å². The van der Waals surface area contributed by atoms with Gasteiger partial charge in [-0.1, -0.05) is 32.0 Å². The van der Waals surface area contributed by atoms with Gasteiger partial charge in [0.05, 0.1) is 16.9 Å². The quantitative estimate of drug-likeness (QED) is 0.771. The molecule has 0 aliphatic carbocycles. The summed E-state index contributed by atoms with van der Waals surface area (Å²) in [6.45, 7) is 7.72. The Kier molecular flexibility index (Phi) is 4.24. The van der Waals surface area contributed by atoms with Crippen LogP contribution in [0.15, 0.2) is 18.2 Å². The molecule has 0 aromatic heterocycles. The molecule has 110 valence electrons. The number of hydrogen-bond acceptors (Lipinski definition) is 1. The van der Waals surface area contributed by atoms with Crippen LogP contribution in [0.3, 0.4) is 0 Å². The van der Waals surface area contributed by atoms with Gasteiger partial charge in [-0.15, -0.1) is 0 Å². The maximum Gasteiger partial charge on any atom is 0.394 e. The van der Waals surface area contributed by atoms with Crippen molar-refractivity contribution in [2.45, 2.75) is 52.6 Å². The highest BCUT2D eigenvalue weighted by Crippen LogP contribution is 2.41. The number of halogens is 3. The van der Waals surface area contributed by atoms with Gasteiger partial charge < -0.3 is 0 Å². The number of nitrogens with zero attached hydrogens (tertiary/aromatic N) is 1. The molecule has 0 unspecified atom stereocenters. The topological polar surface area (TPSA) is 23.8 Å². The zero-order valence-corrected chi connectivity index (χ0v) is 12.5. The summed E-state index contributed by atoms with van der Waals surface area (Å²) in [5.41, 5.74) is -0.274. The number of hydrogen-bond donors (Lipinski definition) is 0. The standard InChI is InChI=1S/C16H20F3N/c1-11-6-7-13(14(2,3)10-20)8-12(11)9-15(4,5)16(17,18)19/h6-8H,9H2,1-5H3. The molecular formula is C16H20F3N. The van der Waals surface area contributed by atoms with Gasteiger partial charge in [-0.05, 0) is 43.9 Å². The van der Waals surface area contributed by atoms with Crippen LogP contribution in [0.2, 0.25) is 0 Å².